The molecule has 0 atom stereocenters. The summed E-state index contributed by atoms with van der Waals surface area (Å²) >= 11 is 0. The molecule has 142 valence electrons. The first-order chi connectivity index (χ1) is 11.6. The maximum atomic E-state index is 5.93. The van der Waals surface area contributed by atoms with Crippen molar-refractivity contribution < 1.29 is 9.47 Å². The Hall–Kier alpha value is -0.860. The highest BCUT2D eigenvalue weighted by atomic mass is 127. The number of guanidine groups is 1. The molecule has 0 spiro atoms. The predicted molar refractivity (Wildman–Crippen MR) is 113 cm³/mol. The number of halogens is 1. The SMILES string of the molecule is CC(C)CCNC(N)=NCc1ccc(COC2CCOCC2)cc1.I. The molecule has 0 radical (unpaired) electrons. The fourth-order valence-electron chi connectivity index (χ4n) is 2.52. The molecule has 0 aromatic heterocycles. The Balaban J connectivity index is 0.00000312. The van der Waals surface area contributed by atoms with Crippen LogP contribution in [-0.2, 0) is 22.6 Å². The van der Waals surface area contributed by atoms with Crippen LogP contribution in [0.15, 0.2) is 29.3 Å². The Morgan fingerprint density at radius 3 is 2.52 bits per heavy atom. The van der Waals surface area contributed by atoms with Gasteiger partial charge in [-0.1, -0.05) is 38.1 Å². The third-order valence-electron chi connectivity index (χ3n) is 4.14. The fourth-order valence-corrected chi connectivity index (χ4v) is 2.52. The average molecular weight is 461 g/mol. The summed E-state index contributed by atoms with van der Waals surface area (Å²) in [6, 6.07) is 8.39. The van der Waals surface area contributed by atoms with Crippen molar-refractivity contribution in [1.82, 2.24) is 5.32 Å². The van der Waals surface area contributed by atoms with Crippen molar-refractivity contribution in [3.8, 4) is 0 Å². The van der Waals surface area contributed by atoms with Crippen molar-refractivity contribution in [1.29, 1.82) is 0 Å². The summed E-state index contributed by atoms with van der Waals surface area (Å²) in [5.41, 5.74) is 8.22. The number of hydrogen-bond donors (Lipinski definition) is 2. The van der Waals surface area contributed by atoms with E-state index in [0.717, 1.165) is 44.6 Å². The van der Waals surface area contributed by atoms with E-state index in [-0.39, 0.29) is 24.0 Å². The van der Waals surface area contributed by atoms with E-state index >= 15 is 0 Å². The first-order valence-electron chi connectivity index (χ1n) is 8.94. The molecule has 6 heteroatoms. The Labute approximate surface area is 168 Å². The molecule has 0 unspecified atom stereocenters. The lowest BCUT2D eigenvalue weighted by atomic mass is 10.1. The minimum atomic E-state index is 0. The van der Waals surface area contributed by atoms with E-state index in [1.54, 1.807) is 0 Å². The molecule has 1 aromatic rings. The molecule has 1 fully saturated rings. The van der Waals surface area contributed by atoms with Gasteiger partial charge in [0, 0.05) is 19.8 Å². The van der Waals surface area contributed by atoms with Gasteiger partial charge in [0.05, 0.1) is 19.3 Å². The summed E-state index contributed by atoms with van der Waals surface area (Å²) < 4.78 is 11.3. The van der Waals surface area contributed by atoms with Crippen molar-refractivity contribution in [2.24, 2.45) is 16.6 Å². The number of benzene rings is 1. The molecule has 0 aliphatic carbocycles. The number of nitrogens with two attached hydrogens (primary N) is 1. The first-order valence-corrected chi connectivity index (χ1v) is 8.94. The number of ether oxygens (including phenoxy) is 2. The summed E-state index contributed by atoms with van der Waals surface area (Å²) in [5.74, 6) is 1.18. The molecule has 1 aromatic carbocycles. The number of nitrogens with one attached hydrogen (secondary N) is 1. The third kappa shape index (κ3) is 9.42. The van der Waals surface area contributed by atoms with Gasteiger partial charge in [0.25, 0.3) is 0 Å². The smallest absolute Gasteiger partial charge is 0.188 e. The first kappa shape index (κ1) is 22.2. The van der Waals surface area contributed by atoms with Gasteiger partial charge in [0.15, 0.2) is 5.96 Å². The van der Waals surface area contributed by atoms with E-state index < -0.39 is 0 Å². The van der Waals surface area contributed by atoms with Crippen LogP contribution < -0.4 is 11.1 Å². The number of aliphatic imine (C=N–C) groups is 1. The molecule has 1 saturated heterocycles. The molecule has 5 nitrogen and oxygen atoms in total. The molecule has 3 N–H and O–H groups in total. The highest BCUT2D eigenvalue weighted by Crippen LogP contribution is 2.14. The standard InChI is InChI=1S/C19H31N3O2.HI/c1-15(2)7-10-21-19(20)22-13-16-3-5-17(6-4-16)14-24-18-8-11-23-12-9-18;/h3-6,15,18H,7-14H2,1-2H3,(H3,20,21,22);1H. The zero-order valence-electron chi connectivity index (χ0n) is 15.4. The maximum Gasteiger partial charge on any atom is 0.188 e. The molecule has 1 heterocycles. The summed E-state index contributed by atoms with van der Waals surface area (Å²) in [6.45, 7) is 8.15. The van der Waals surface area contributed by atoms with Crippen LogP contribution in [0.3, 0.4) is 0 Å². The lowest BCUT2D eigenvalue weighted by molar-refractivity contribution is -0.0390. The zero-order chi connectivity index (χ0) is 17.2. The van der Waals surface area contributed by atoms with Gasteiger partial charge in [-0.2, -0.15) is 0 Å². The highest BCUT2D eigenvalue weighted by molar-refractivity contribution is 14.0. The van der Waals surface area contributed by atoms with Crippen molar-refractivity contribution in [2.45, 2.75) is 52.4 Å². The van der Waals surface area contributed by atoms with E-state index in [2.05, 4.69) is 48.4 Å². The average Bonchev–Trinajstić information content (AvgIpc) is 2.59. The molecule has 0 bridgehead atoms. The molecular weight excluding hydrogens is 429 g/mol. The fraction of sp³-hybridized carbons (Fsp3) is 0.632. The maximum absolute atomic E-state index is 5.93. The Morgan fingerprint density at radius 1 is 1.24 bits per heavy atom. The summed E-state index contributed by atoms with van der Waals surface area (Å²) in [6.07, 6.45) is 3.42. The van der Waals surface area contributed by atoms with Crippen LogP contribution in [0.2, 0.25) is 0 Å². The number of rotatable bonds is 8. The second-order valence-electron chi connectivity index (χ2n) is 6.75. The molecule has 1 aliphatic rings. The molecule has 25 heavy (non-hydrogen) atoms. The van der Waals surface area contributed by atoms with E-state index in [4.69, 9.17) is 15.2 Å². The minimum Gasteiger partial charge on any atom is -0.381 e. The monoisotopic (exact) mass is 461 g/mol. The van der Waals surface area contributed by atoms with Crippen LogP contribution in [0, 0.1) is 5.92 Å². The summed E-state index contributed by atoms with van der Waals surface area (Å²) in [4.78, 5) is 4.38. The molecule has 1 aliphatic heterocycles. The van der Waals surface area contributed by atoms with Crippen LogP contribution in [0.4, 0.5) is 0 Å². The lowest BCUT2D eigenvalue weighted by Gasteiger charge is -2.22. The van der Waals surface area contributed by atoms with Crippen LogP contribution in [0.5, 0.6) is 0 Å². The Bertz CT molecular complexity index is 500. The van der Waals surface area contributed by atoms with Crippen molar-refractivity contribution in [2.75, 3.05) is 19.8 Å². The van der Waals surface area contributed by atoms with Gasteiger partial charge in [-0.25, -0.2) is 4.99 Å². The number of nitrogens with zero attached hydrogens (tertiary/aromatic N) is 1. The van der Waals surface area contributed by atoms with Gasteiger partial charge in [0.2, 0.25) is 0 Å². The Morgan fingerprint density at radius 2 is 1.88 bits per heavy atom. The van der Waals surface area contributed by atoms with Gasteiger partial charge in [0.1, 0.15) is 0 Å². The van der Waals surface area contributed by atoms with E-state index in [1.165, 1.54) is 5.56 Å². The van der Waals surface area contributed by atoms with E-state index in [0.29, 0.717) is 31.1 Å². The van der Waals surface area contributed by atoms with Crippen LogP contribution in [-0.4, -0.2) is 31.8 Å². The molecule has 2 rings (SSSR count). The largest absolute Gasteiger partial charge is 0.381 e. The quantitative estimate of drug-likeness (QED) is 0.354. The van der Waals surface area contributed by atoms with Crippen LogP contribution in [0.25, 0.3) is 0 Å². The van der Waals surface area contributed by atoms with Crippen molar-refractivity contribution >= 4 is 29.9 Å². The lowest BCUT2D eigenvalue weighted by Crippen LogP contribution is -2.32. The van der Waals surface area contributed by atoms with Gasteiger partial charge < -0.3 is 20.5 Å². The van der Waals surface area contributed by atoms with Gasteiger partial charge in [-0.3, -0.25) is 0 Å². The van der Waals surface area contributed by atoms with Gasteiger partial charge >= 0.3 is 0 Å². The predicted octanol–water partition coefficient (Wildman–Crippen LogP) is 3.45. The molecule has 0 saturated carbocycles. The molecular formula is C19H32IN3O2. The van der Waals surface area contributed by atoms with Gasteiger partial charge in [-0.15, -0.1) is 24.0 Å². The van der Waals surface area contributed by atoms with Crippen LogP contribution >= 0.6 is 24.0 Å². The third-order valence-corrected chi connectivity index (χ3v) is 4.14. The highest BCUT2D eigenvalue weighted by Gasteiger charge is 2.13. The number of hydrogen-bond acceptors (Lipinski definition) is 3. The van der Waals surface area contributed by atoms with Crippen LogP contribution in [0.1, 0.15) is 44.2 Å². The molecule has 0 amide bonds. The second kappa shape index (κ2) is 12.5. The van der Waals surface area contributed by atoms with E-state index in [9.17, 15) is 0 Å². The topological polar surface area (TPSA) is 68.9 Å². The van der Waals surface area contributed by atoms with Crippen molar-refractivity contribution in [3.05, 3.63) is 35.4 Å². The Kier molecular flexibility index (Phi) is 11.1. The minimum absolute atomic E-state index is 0. The van der Waals surface area contributed by atoms with Crippen molar-refractivity contribution in [3.63, 3.8) is 0 Å². The summed E-state index contributed by atoms with van der Waals surface area (Å²) in [7, 11) is 0. The normalized spacial score (nSPS) is 15.9. The second-order valence-corrected chi connectivity index (χ2v) is 6.75. The van der Waals surface area contributed by atoms with Gasteiger partial charge in [-0.05, 0) is 36.3 Å². The summed E-state index contributed by atoms with van der Waals surface area (Å²) in [5, 5.41) is 3.15. The zero-order valence-corrected chi connectivity index (χ0v) is 17.7. The van der Waals surface area contributed by atoms with E-state index in [1.807, 2.05) is 0 Å².